The molecule has 0 radical (unpaired) electrons. The van der Waals surface area contributed by atoms with Gasteiger partial charge in [-0.05, 0) is 36.4 Å². The predicted octanol–water partition coefficient (Wildman–Crippen LogP) is 4.69. The molecule has 0 atom stereocenters. The van der Waals surface area contributed by atoms with Crippen LogP contribution in [-0.2, 0) is 0 Å². The van der Waals surface area contributed by atoms with E-state index in [1.807, 2.05) is 89.6 Å². The van der Waals surface area contributed by atoms with Crippen LogP contribution in [0.3, 0.4) is 0 Å². The van der Waals surface area contributed by atoms with E-state index in [-0.39, 0.29) is 0 Å². The SMILES string of the molecule is COc1ccc(N=Cc2nnn(-c3ccccc3)c2-c2ccccc2)cc1. The van der Waals surface area contributed by atoms with Crippen molar-refractivity contribution in [3.63, 3.8) is 0 Å². The number of aliphatic imine (C=N–C) groups is 1. The molecule has 0 amide bonds. The zero-order valence-corrected chi connectivity index (χ0v) is 14.9. The highest BCUT2D eigenvalue weighted by Gasteiger charge is 2.14. The van der Waals surface area contributed by atoms with Crippen LogP contribution in [-0.4, -0.2) is 28.3 Å². The molecule has 27 heavy (non-hydrogen) atoms. The van der Waals surface area contributed by atoms with Crippen molar-refractivity contribution in [2.75, 3.05) is 7.11 Å². The molecule has 1 aromatic heterocycles. The van der Waals surface area contributed by atoms with Crippen molar-refractivity contribution >= 4 is 11.9 Å². The summed E-state index contributed by atoms with van der Waals surface area (Å²) in [6.45, 7) is 0. The quantitative estimate of drug-likeness (QED) is 0.488. The topological polar surface area (TPSA) is 52.3 Å². The van der Waals surface area contributed by atoms with E-state index < -0.39 is 0 Å². The lowest BCUT2D eigenvalue weighted by molar-refractivity contribution is 0.415. The van der Waals surface area contributed by atoms with Crippen LogP contribution < -0.4 is 4.74 Å². The third-order valence-electron chi connectivity index (χ3n) is 4.15. The first-order valence-electron chi connectivity index (χ1n) is 8.60. The van der Waals surface area contributed by atoms with Gasteiger partial charge < -0.3 is 4.74 Å². The van der Waals surface area contributed by atoms with E-state index in [0.717, 1.165) is 28.4 Å². The number of hydrogen-bond acceptors (Lipinski definition) is 4. The summed E-state index contributed by atoms with van der Waals surface area (Å²) >= 11 is 0. The van der Waals surface area contributed by atoms with E-state index in [1.165, 1.54) is 0 Å². The van der Waals surface area contributed by atoms with Crippen molar-refractivity contribution in [3.05, 3.63) is 90.6 Å². The Morgan fingerprint density at radius 3 is 2.19 bits per heavy atom. The van der Waals surface area contributed by atoms with E-state index in [4.69, 9.17) is 4.74 Å². The van der Waals surface area contributed by atoms with Gasteiger partial charge in [-0.25, -0.2) is 4.68 Å². The van der Waals surface area contributed by atoms with Crippen molar-refractivity contribution < 1.29 is 4.74 Å². The minimum absolute atomic E-state index is 0.709. The third kappa shape index (κ3) is 3.62. The number of benzene rings is 3. The van der Waals surface area contributed by atoms with Crippen LogP contribution in [0.4, 0.5) is 5.69 Å². The van der Waals surface area contributed by atoms with Crippen molar-refractivity contribution in [1.29, 1.82) is 0 Å². The van der Waals surface area contributed by atoms with Crippen LogP contribution >= 0.6 is 0 Å². The Morgan fingerprint density at radius 2 is 1.52 bits per heavy atom. The first-order chi connectivity index (χ1) is 13.3. The molecule has 0 unspecified atom stereocenters. The highest BCUT2D eigenvalue weighted by Crippen LogP contribution is 2.25. The van der Waals surface area contributed by atoms with E-state index in [0.29, 0.717) is 5.69 Å². The summed E-state index contributed by atoms with van der Waals surface area (Å²) in [5, 5.41) is 8.71. The van der Waals surface area contributed by atoms with Crippen LogP contribution in [0.2, 0.25) is 0 Å². The van der Waals surface area contributed by atoms with Gasteiger partial charge in [0, 0.05) is 5.56 Å². The smallest absolute Gasteiger partial charge is 0.132 e. The van der Waals surface area contributed by atoms with E-state index >= 15 is 0 Å². The number of aromatic nitrogens is 3. The Balaban J connectivity index is 1.76. The fourth-order valence-electron chi connectivity index (χ4n) is 2.80. The highest BCUT2D eigenvalue weighted by atomic mass is 16.5. The van der Waals surface area contributed by atoms with Crippen molar-refractivity contribution in [2.45, 2.75) is 0 Å². The Bertz CT molecular complexity index is 1040. The van der Waals surface area contributed by atoms with Gasteiger partial charge in [0.25, 0.3) is 0 Å². The number of ether oxygens (including phenoxy) is 1. The van der Waals surface area contributed by atoms with Gasteiger partial charge in [-0.1, -0.05) is 53.7 Å². The summed E-state index contributed by atoms with van der Waals surface area (Å²) < 4.78 is 7.02. The summed E-state index contributed by atoms with van der Waals surface area (Å²) in [4.78, 5) is 4.55. The molecule has 5 heteroatoms. The summed E-state index contributed by atoms with van der Waals surface area (Å²) in [5.74, 6) is 0.800. The molecule has 1 heterocycles. The lowest BCUT2D eigenvalue weighted by Crippen LogP contribution is -1.99. The van der Waals surface area contributed by atoms with Gasteiger partial charge in [-0.3, -0.25) is 4.99 Å². The van der Waals surface area contributed by atoms with E-state index in [1.54, 1.807) is 13.3 Å². The number of nitrogens with zero attached hydrogens (tertiary/aromatic N) is 4. The fourth-order valence-corrected chi connectivity index (χ4v) is 2.80. The Labute approximate surface area is 157 Å². The lowest BCUT2D eigenvalue weighted by Gasteiger charge is -2.07. The van der Waals surface area contributed by atoms with Gasteiger partial charge in [0.05, 0.1) is 24.7 Å². The maximum atomic E-state index is 5.18. The number of rotatable bonds is 5. The minimum atomic E-state index is 0.709. The van der Waals surface area contributed by atoms with Crippen molar-refractivity contribution in [1.82, 2.24) is 15.0 Å². The first kappa shape index (κ1) is 16.7. The Hall–Kier alpha value is -3.73. The summed E-state index contributed by atoms with van der Waals surface area (Å²) in [5.41, 5.74) is 4.42. The monoisotopic (exact) mass is 354 g/mol. The zero-order chi connectivity index (χ0) is 18.5. The largest absolute Gasteiger partial charge is 0.497 e. The standard InChI is InChI=1S/C22H18N4O/c1-27-20-14-12-18(13-15-20)23-16-21-22(17-8-4-2-5-9-17)26(25-24-21)19-10-6-3-7-11-19/h2-16H,1H3. The number of para-hydroxylation sites is 1. The van der Waals surface area contributed by atoms with Crippen LogP contribution in [0, 0.1) is 0 Å². The zero-order valence-electron chi connectivity index (χ0n) is 14.9. The molecule has 132 valence electrons. The van der Waals surface area contributed by atoms with Gasteiger partial charge in [0.15, 0.2) is 0 Å². The van der Waals surface area contributed by atoms with Crippen LogP contribution in [0.1, 0.15) is 5.69 Å². The minimum Gasteiger partial charge on any atom is -0.497 e. The van der Waals surface area contributed by atoms with E-state index in [2.05, 4.69) is 15.3 Å². The average molecular weight is 354 g/mol. The number of hydrogen-bond donors (Lipinski definition) is 0. The molecule has 0 bridgehead atoms. The molecule has 0 N–H and O–H groups in total. The first-order valence-corrected chi connectivity index (χ1v) is 8.60. The molecule has 3 aromatic carbocycles. The average Bonchev–Trinajstić information content (AvgIpc) is 3.18. The maximum Gasteiger partial charge on any atom is 0.132 e. The summed E-state index contributed by atoms with van der Waals surface area (Å²) in [7, 11) is 1.65. The number of methoxy groups -OCH3 is 1. The molecule has 0 saturated carbocycles. The second-order valence-corrected chi connectivity index (χ2v) is 5.89. The molecule has 0 spiro atoms. The fraction of sp³-hybridized carbons (Fsp3) is 0.0455. The molecular formula is C22H18N4O. The normalized spacial score (nSPS) is 11.0. The van der Waals surface area contributed by atoms with Crippen LogP contribution in [0.15, 0.2) is 89.9 Å². The maximum absolute atomic E-state index is 5.18. The Morgan fingerprint density at radius 1 is 0.852 bits per heavy atom. The van der Waals surface area contributed by atoms with Crippen molar-refractivity contribution in [2.24, 2.45) is 4.99 Å². The molecule has 0 aliphatic carbocycles. The molecule has 0 aliphatic rings. The molecular weight excluding hydrogens is 336 g/mol. The highest BCUT2D eigenvalue weighted by molar-refractivity contribution is 5.88. The molecule has 5 nitrogen and oxygen atoms in total. The second kappa shape index (κ2) is 7.66. The lowest BCUT2D eigenvalue weighted by atomic mass is 10.1. The summed E-state index contributed by atoms with van der Waals surface area (Å²) in [6.07, 6.45) is 1.75. The molecule has 0 fully saturated rings. The van der Waals surface area contributed by atoms with Crippen LogP contribution in [0.25, 0.3) is 16.9 Å². The summed E-state index contributed by atoms with van der Waals surface area (Å²) in [6, 6.07) is 27.6. The molecule has 4 rings (SSSR count). The van der Waals surface area contributed by atoms with Gasteiger partial charge in [0.1, 0.15) is 17.1 Å². The Kier molecular flexibility index (Phi) is 4.74. The molecule has 0 saturated heterocycles. The van der Waals surface area contributed by atoms with Gasteiger partial charge in [-0.2, -0.15) is 0 Å². The van der Waals surface area contributed by atoms with E-state index in [9.17, 15) is 0 Å². The molecule has 0 aliphatic heterocycles. The van der Waals surface area contributed by atoms with Gasteiger partial charge in [0.2, 0.25) is 0 Å². The second-order valence-electron chi connectivity index (χ2n) is 5.89. The van der Waals surface area contributed by atoms with Crippen LogP contribution in [0.5, 0.6) is 5.75 Å². The third-order valence-corrected chi connectivity index (χ3v) is 4.15. The predicted molar refractivity (Wildman–Crippen MR) is 107 cm³/mol. The molecule has 4 aromatic rings. The van der Waals surface area contributed by atoms with Crippen molar-refractivity contribution in [3.8, 4) is 22.7 Å². The van der Waals surface area contributed by atoms with Gasteiger partial charge in [-0.15, -0.1) is 5.10 Å². The van der Waals surface area contributed by atoms with Gasteiger partial charge >= 0.3 is 0 Å².